The van der Waals surface area contributed by atoms with Crippen molar-refractivity contribution in [1.29, 1.82) is 0 Å². The molecule has 0 spiro atoms. The minimum absolute atomic E-state index is 0.0144. The molecule has 3 nitrogen and oxygen atoms in total. The molecule has 96 valence electrons. The zero-order chi connectivity index (χ0) is 12.6. The monoisotopic (exact) mass is 229 g/mol. The first-order chi connectivity index (χ1) is 7.31. The van der Waals surface area contributed by atoms with Gasteiger partial charge in [-0.15, -0.1) is 0 Å². The van der Waals surface area contributed by atoms with Gasteiger partial charge < -0.3 is 10.1 Å². The van der Waals surface area contributed by atoms with Crippen LogP contribution in [-0.4, -0.2) is 25.7 Å². The maximum absolute atomic E-state index is 11.4. The molecule has 0 fully saturated rings. The third-order valence-corrected chi connectivity index (χ3v) is 2.12. The average Bonchev–Trinajstić information content (AvgIpc) is 2.12. The molecule has 0 bridgehead atoms. The summed E-state index contributed by atoms with van der Waals surface area (Å²) in [6.07, 6.45) is 2.19. The highest BCUT2D eigenvalue weighted by atomic mass is 16.5. The van der Waals surface area contributed by atoms with Crippen molar-refractivity contribution in [3.8, 4) is 0 Å². The van der Waals surface area contributed by atoms with Crippen LogP contribution < -0.4 is 5.32 Å². The van der Waals surface area contributed by atoms with Crippen LogP contribution in [0.15, 0.2) is 0 Å². The van der Waals surface area contributed by atoms with Gasteiger partial charge in [0.25, 0.3) is 0 Å². The van der Waals surface area contributed by atoms with Crippen LogP contribution in [-0.2, 0) is 9.53 Å². The standard InChI is InChI=1S/C13H27NO2/c1-11(2)7-6-8-16-9-12(15)14-10-13(3,4)5/h11H,6-10H2,1-5H3,(H,14,15). The van der Waals surface area contributed by atoms with E-state index >= 15 is 0 Å². The summed E-state index contributed by atoms with van der Waals surface area (Å²) in [5, 5.41) is 2.86. The smallest absolute Gasteiger partial charge is 0.246 e. The van der Waals surface area contributed by atoms with E-state index in [2.05, 4.69) is 39.9 Å². The van der Waals surface area contributed by atoms with Gasteiger partial charge in [-0.1, -0.05) is 34.6 Å². The highest BCUT2D eigenvalue weighted by Crippen LogP contribution is 2.09. The van der Waals surface area contributed by atoms with Gasteiger partial charge in [0.2, 0.25) is 5.91 Å². The molecule has 3 heteroatoms. The zero-order valence-electron chi connectivity index (χ0n) is 11.4. The summed E-state index contributed by atoms with van der Waals surface area (Å²) in [5.41, 5.74) is 0.132. The first-order valence-corrected chi connectivity index (χ1v) is 6.16. The number of ether oxygens (including phenoxy) is 1. The number of hydrogen-bond donors (Lipinski definition) is 1. The highest BCUT2D eigenvalue weighted by Gasteiger charge is 2.11. The Morgan fingerprint density at radius 2 is 1.94 bits per heavy atom. The second kappa shape index (κ2) is 7.66. The molecule has 0 aromatic carbocycles. The Balaban J connectivity index is 3.38. The van der Waals surface area contributed by atoms with Crippen molar-refractivity contribution in [2.24, 2.45) is 11.3 Å². The third-order valence-electron chi connectivity index (χ3n) is 2.12. The van der Waals surface area contributed by atoms with Crippen LogP contribution in [0.4, 0.5) is 0 Å². The fraction of sp³-hybridized carbons (Fsp3) is 0.923. The number of carbonyl (C=O) groups is 1. The Morgan fingerprint density at radius 3 is 2.44 bits per heavy atom. The van der Waals surface area contributed by atoms with Gasteiger partial charge in [-0.25, -0.2) is 0 Å². The molecule has 0 aromatic rings. The van der Waals surface area contributed by atoms with Gasteiger partial charge in [0.15, 0.2) is 0 Å². The minimum atomic E-state index is -0.0144. The Bertz CT molecular complexity index is 195. The van der Waals surface area contributed by atoms with Crippen LogP contribution in [0.3, 0.4) is 0 Å². The van der Waals surface area contributed by atoms with Crippen molar-refractivity contribution < 1.29 is 9.53 Å². The molecule has 16 heavy (non-hydrogen) atoms. The second-order valence-corrected chi connectivity index (χ2v) is 5.93. The molecular weight excluding hydrogens is 202 g/mol. The molecule has 0 rings (SSSR count). The van der Waals surface area contributed by atoms with E-state index in [0.29, 0.717) is 19.1 Å². The second-order valence-electron chi connectivity index (χ2n) is 5.93. The maximum Gasteiger partial charge on any atom is 0.246 e. The first kappa shape index (κ1) is 15.4. The molecule has 0 saturated heterocycles. The van der Waals surface area contributed by atoms with Crippen molar-refractivity contribution in [2.75, 3.05) is 19.8 Å². The molecule has 0 aromatic heterocycles. The Kier molecular flexibility index (Phi) is 7.39. The van der Waals surface area contributed by atoms with Crippen molar-refractivity contribution in [3.63, 3.8) is 0 Å². The van der Waals surface area contributed by atoms with Crippen molar-refractivity contribution in [3.05, 3.63) is 0 Å². The fourth-order valence-corrected chi connectivity index (χ4v) is 1.17. The van der Waals surface area contributed by atoms with Crippen molar-refractivity contribution in [1.82, 2.24) is 5.32 Å². The molecule has 0 heterocycles. The average molecular weight is 229 g/mol. The number of carbonyl (C=O) groups excluding carboxylic acids is 1. The van der Waals surface area contributed by atoms with Crippen LogP contribution in [0, 0.1) is 11.3 Å². The van der Waals surface area contributed by atoms with E-state index in [-0.39, 0.29) is 17.9 Å². The molecule has 0 saturated carbocycles. The normalized spacial score (nSPS) is 11.9. The lowest BCUT2D eigenvalue weighted by Gasteiger charge is -2.18. The lowest BCUT2D eigenvalue weighted by atomic mass is 9.97. The molecular formula is C13H27NO2. The van der Waals surface area contributed by atoms with Crippen LogP contribution in [0.2, 0.25) is 0 Å². The van der Waals surface area contributed by atoms with Gasteiger partial charge in [-0.05, 0) is 24.2 Å². The van der Waals surface area contributed by atoms with Crippen LogP contribution in [0.5, 0.6) is 0 Å². The third kappa shape index (κ3) is 11.5. The van der Waals surface area contributed by atoms with Gasteiger partial charge in [0.1, 0.15) is 6.61 Å². The summed E-state index contributed by atoms with van der Waals surface area (Å²) in [5.74, 6) is 0.692. The summed E-state index contributed by atoms with van der Waals surface area (Å²) >= 11 is 0. The number of hydrogen-bond acceptors (Lipinski definition) is 2. The van der Waals surface area contributed by atoms with Crippen molar-refractivity contribution >= 4 is 5.91 Å². The van der Waals surface area contributed by atoms with Gasteiger partial charge in [0, 0.05) is 13.2 Å². The molecule has 1 amide bonds. The largest absolute Gasteiger partial charge is 0.372 e. The lowest BCUT2D eigenvalue weighted by Crippen LogP contribution is -2.34. The highest BCUT2D eigenvalue weighted by molar-refractivity contribution is 5.77. The molecule has 0 unspecified atom stereocenters. The topological polar surface area (TPSA) is 38.3 Å². The summed E-state index contributed by atoms with van der Waals surface area (Å²) in [7, 11) is 0. The summed E-state index contributed by atoms with van der Waals surface area (Å²) in [6.45, 7) is 12.2. The Morgan fingerprint density at radius 1 is 1.31 bits per heavy atom. The van der Waals surface area contributed by atoms with Gasteiger partial charge in [-0.2, -0.15) is 0 Å². The zero-order valence-corrected chi connectivity index (χ0v) is 11.4. The molecule has 0 aliphatic heterocycles. The van der Waals surface area contributed by atoms with E-state index in [1.807, 2.05) is 0 Å². The molecule has 0 atom stereocenters. The summed E-state index contributed by atoms with van der Waals surface area (Å²) in [6, 6.07) is 0. The quantitative estimate of drug-likeness (QED) is 0.681. The lowest BCUT2D eigenvalue weighted by molar-refractivity contribution is -0.126. The Labute approximate surface area is 99.9 Å². The molecule has 1 N–H and O–H groups in total. The molecule has 0 radical (unpaired) electrons. The molecule has 0 aliphatic carbocycles. The van der Waals surface area contributed by atoms with E-state index in [9.17, 15) is 4.79 Å². The van der Waals surface area contributed by atoms with Crippen LogP contribution in [0.25, 0.3) is 0 Å². The van der Waals surface area contributed by atoms with E-state index in [4.69, 9.17) is 4.74 Å². The van der Waals surface area contributed by atoms with E-state index < -0.39 is 0 Å². The predicted octanol–water partition coefficient (Wildman–Crippen LogP) is 2.60. The SMILES string of the molecule is CC(C)CCCOCC(=O)NCC(C)(C)C. The van der Waals surface area contributed by atoms with E-state index in [1.54, 1.807) is 0 Å². The number of nitrogens with one attached hydrogen (secondary N) is 1. The van der Waals surface area contributed by atoms with Crippen molar-refractivity contribution in [2.45, 2.75) is 47.5 Å². The van der Waals surface area contributed by atoms with Gasteiger partial charge in [-0.3, -0.25) is 4.79 Å². The van der Waals surface area contributed by atoms with E-state index in [1.165, 1.54) is 0 Å². The number of amides is 1. The van der Waals surface area contributed by atoms with E-state index in [0.717, 1.165) is 12.8 Å². The number of rotatable bonds is 7. The van der Waals surface area contributed by atoms with Gasteiger partial charge >= 0.3 is 0 Å². The first-order valence-electron chi connectivity index (χ1n) is 6.16. The summed E-state index contributed by atoms with van der Waals surface area (Å²) in [4.78, 5) is 11.4. The molecule has 0 aliphatic rings. The summed E-state index contributed by atoms with van der Waals surface area (Å²) < 4.78 is 5.30. The van der Waals surface area contributed by atoms with Gasteiger partial charge in [0.05, 0.1) is 0 Å². The Hall–Kier alpha value is -0.570. The maximum atomic E-state index is 11.4. The van der Waals surface area contributed by atoms with Crippen LogP contribution in [0.1, 0.15) is 47.5 Å². The van der Waals surface area contributed by atoms with Crippen LogP contribution >= 0.6 is 0 Å². The minimum Gasteiger partial charge on any atom is -0.372 e. The fourth-order valence-electron chi connectivity index (χ4n) is 1.17. The predicted molar refractivity (Wildman–Crippen MR) is 67.4 cm³/mol.